The highest BCUT2D eigenvalue weighted by Gasteiger charge is 2.49. The van der Waals surface area contributed by atoms with E-state index in [1.807, 2.05) is 0 Å². The van der Waals surface area contributed by atoms with Crippen LogP contribution >= 0.6 is 0 Å². The number of nitrogens with zero attached hydrogens (tertiary/aromatic N) is 3. The SMILES string of the molecule is CC(C)(C)c1cc2ccc3cc(C(C)(C)C)cc4c(-c5ccc6c(c5)N(c5ccc(-c7ccccc7)cc5)c5cc(N7C8CC9CC(C8)CC7C9)cc7c5B6c5ccc(-c6cc8cc(C(C)(C)C)cc9ccc%10cc(C(C)(C)C)cc6c%10c98)cc5N7c5ccc(-c6ccccc6)cc5)cc(c1)c2c34. The molecule has 2 saturated carbocycles. The summed E-state index contributed by atoms with van der Waals surface area (Å²) in [6.45, 7) is 28.3. The van der Waals surface area contributed by atoms with Gasteiger partial charge < -0.3 is 14.7 Å². The second kappa shape index (κ2) is 22.2. The lowest BCUT2D eigenvalue weighted by Crippen LogP contribution is -2.62. The minimum absolute atomic E-state index is 0.0314. The van der Waals surface area contributed by atoms with Crippen molar-refractivity contribution in [1.29, 1.82) is 0 Å². The molecule has 0 unspecified atom stereocenters. The van der Waals surface area contributed by atoms with Gasteiger partial charge in [0.05, 0.1) is 0 Å². The number of rotatable bonds is 7. The molecule has 3 nitrogen and oxygen atoms in total. The largest absolute Gasteiger partial charge is 0.365 e. The number of fused-ring (bicyclic) bond motifs is 4. The van der Waals surface area contributed by atoms with Crippen molar-refractivity contribution in [2.75, 3.05) is 14.7 Å². The Morgan fingerprint density at radius 2 is 0.621 bits per heavy atom. The summed E-state index contributed by atoms with van der Waals surface area (Å²) in [6, 6.07) is 97.4. The Bertz CT molecular complexity index is 5600. The van der Waals surface area contributed by atoms with Gasteiger partial charge in [-0.05, 0) is 286 Å². The first-order valence-corrected chi connectivity index (χ1v) is 38.2. The Hall–Kier alpha value is -10.2. The van der Waals surface area contributed by atoms with Crippen LogP contribution in [0.3, 0.4) is 0 Å². The third-order valence-corrected chi connectivity index (χ3v) is 25.1. The fourth-order valence-electron chi connectivity index (χ4n) is 19.9. The van der Waals surface area contributed by atoms with E-state index in [0.717, 1.165) is 23.2 Å². The van der Waals surface area contributed by atoms with E-state index in [1.54, 1.807) is 0 Å². The van der Waals surface area contributed by atoms with Crippen molar-refractivity contribution >= 4 is 128 Å². The Morgan fingerprint density at radius 3 is 1.00 bits per heavy atom. The summed E-state index contributed by atoms with van der Waals surface area (Å²) in [6.07, 6.45) is 6.49. The molecule has 21 rings (SSSR count). The second-order valence-corrected chi connectivity index (χ2v) is 35.8. The zero-order chi connectivity index (χ0) is 70.1. The van der Waals surface area contributed by atoms with Crippen LogP contribution < -0.4 is 31.1 Å². The number of hydrogen-bond acceptors (Lipinski definition) is 3. The van der Waals surface area contributed by atoms with E-state index in [2.05, 4.69) is 340 Å². The van der Waals surface area contributed by atoms with Crippen LogP contribution in [0.15, 0.2) is 243 Å². The molecular formula is C99H90BN3. The Morgan fingerprint density at radius 1 is 0.282 bits per heavy atom. The molecule has 4 heterocycles. The van der Waals surface area contributed by atoms with Gasteiger partial charge in [-0.2, -0.15) is 0 Å². The molecule has 0 amide bonds. The van der Waals surface area contributed by atoms with E-state index in [0.29, 0.717) is 12.1 Å². The van der Waals surface area contributed by atoms with Gasteiger partial charge in [-0.1, -0.05) is 253 Å². The predicted molar refractivity (Wildman–Crippen MR) is 445 cm³/mol. The normalized spacial score (nSPS) is 18.0. The molecule has 4 fully saturated rings. The van der Waals surface area contributed by atoms with Gasteiger partial charge in [0.2, 0.25) is 0 Å². The molecule has 0 N–H and O–H groups in total. The van der Waals surface area contributed by atoms with Crippen LogP contribution in [0.5, 0.6) is 0 Å². The fourth-order valence-corrected chi connectivity index (χ4v) is 19.9. The van der Waals surface area contributed by atoms with Crippen molar-refractivity contribution in [3.05, 3.63) is 265 Å². The summed E-state index contributed by atoms with van der Waals surface area (Å²) in [5, 5.41) is 15.9. The van der Waals surface area contributed by atoms with Crippen LogP contribution in [0.4, 0.5) is 39.8 Å². The molecule has 15 aromatic rings. The van der Waals surface area contributed by atoms with Crippen molar-refractivity contribution in [2.24, 2.45) is 11.8 Å². The first-order valence-electron chi connectivity index (χ1n) is 38.2. The molecule has 6 aliphatic rings. The summed E-state index contributed by atoms with van der Waals surface area (Å²) in [4.78, 5) is 8.37. The van der Waals surface area contributed by atoms with E-state index in [9.17, 15) is 0 Å². The molecule has 4 bridgehead atoms. The van der Waals surface area contributed by atoms with Gasteiger partial charge in [-0.25, -0.2) is 0 Å². The first kappa shape index (κ1) is 62.6. The van der Waals surface area contributed by atoms with Gasteiger partial charge in [-0.15, -0.1) is 0 Å². The molecule has 0 atom stereocenters. The topological polar surface area (TPSA) is 9.72 Å². The number of hydrogen-bond donors (Lipinski definition) is 0. The number of benzene rings is 15. The highest BCUT2D eigenvalue weighted by Crippen LogP contribution is 2.56. The van der Waals surface area contributed by atoms with Gasteiger partial charge in [-0.3, -0.25) is 0 Å². The zero-order valence-electron chi connectivity index (χ0n) is 61.9. The maximum atomic E-state index is 2.96. The third-order valence-electron chi connectivity index (χ3n) is 25.1. The van der Waals surface area contributed by atoms with Crippen molar-refractivity contribution in [2.45, 2.75) is 149 Å². The van der Waals surface area contributed by atoms with Gasteiger partial charge >= 0.3 is 0 Å². The standard InChI is InChI=1S/C99H90BN3/c1-96(2,3)72-44-66-23-25-68-46-74(98(7,8)9)54-83-81(50-70(48-72)91(66)93(68)83)64-31-37-85-87(52-64)102(76-33-27-62(28-34-76)60-19-15-13-16-20-60)89-56-80(101-78-40-58-39-59(42-78)43-79(101)41-58)57-90-95(89)100(85)86-38-32-65(53-88(86)103(90)77-35-29-63(30-36-77)61-21-17-14-18-22-61)82-51-71-49-73(97(4,5)6)45-67-24-26-69-47-75(99(10,11)12)55-84(82)94(69)92(67)71/h13-38,44-59,78-79H,39-43H2,1-12H3. The van der Waals surface area contributed by atoms with Crippen LogP contribution in [0.1, 0.15) is 137 Å². The van der Waals surface area contributed by atoms with Gasteiger partial charge in [0.15, 0.2) is 0 Å². The maximum Gasteiger partial charge on any atom is 0.252 e. The van der Waals surface area contributed by atoms with Crippen molar-refractivity contribution in [3.63, 3.8) is 0 Å². The lowest BCUT2D eigenvalue weighted by molar-refractivity contribution is 0.0900. The van der Waals surface area contributed by atoms with Crippen molar-refractivity contribution < 1.29 is 0 Å². The van der Waals surface area contributed by atoms with E-state index >= 15 is 0 Å². The Labute approximate surface area is 608 Å². The average molecular weight is 1330 g/mol. The van der Waals surface area contributed by atoms with Crippen LogP contribution in [-0.2, 0) is 21.7 Å². The highest BCUT2D eigenvalue weighted by atomic mass is 15.2. The first-order chi connectivity index (χ1) is 49.5. The summed E-state index contributed by atoms with van der Waals surface area (Å²) in [5.74, 6) is 1.62. The summed E-state index contributed by atoms with van der Waals surface area (Å²) < 4.78 is 0. The molecule has 2 saturated heterocycles. The van der Waals surface area contributed by atoms with E-state index < -0.39 is 0 Å². The molecular weight excluding hydrogens is 1240 g/mol. The minimum atomic E-state index is -0.111. The van der Waals surface area contributed by atoms with E-state index in [4.69, 9.17) is 0 Å². The molecule has 15 aromatic carbocycles. The molecule has 2 aliphatic carbocycles. The van der Waals surface area contributed by atoms with Gasteiger partial charge in [0.25, 0.3) is 6.71 Å². The number of piperidine rings is 2. The zero-order valence-corrected chi connectivity index (χ0v) is 61.9. The summed E-state index contributed by atoms with van der Waals surface area (Å²) >= 11 is 0. The van der Waals surface area contributed by atoms with Crippen LogP contribution in [-0.4, -0.2) is 18.8 Å². The van der Waals surface area contributed by atoms with E-state index in [1.165, 1.54) is 208 Å². The molecule has 4 heteroatoms. The predicted octanol–water partition coefficient (Wildman–Crippen LogP) is 25.2. The molecule has 0 radical (unpaired) electrons. The van der Waals surface area contributed by atoms with Crippen molar-refractivity contribution in [1.82, 2.24) is 0 Å². The Kier molecular flexibility index (Phi) is 13.5. The van der Waals surface area contributed by atoms with Crippen LogP contribution in [0, 0.1) is 11.8 Å². The molecule has 0 spiro atoms. The summed E-state index contributed by atoms with van der Waals surface area (Å²) in [5.41, 5.74) is 27.8. The molecule has 504 valence electrons. The van der Waals surface area contributed by atoms with Gasteiger partial charge in [0.1, 0.15) is 0 Å². The lowest BCUT2D eigenvalue weighted by atomic mass is 9.33. The van der Waals surface area contributed by atoms with Crippen molar-refractivity contribution in [3.8, 4) is 44.5 Å². The smallest absolute Gasteiger partial charge is 0.252 e. The van der Waals surface area contributed by atoms with Crippen LogP contribution in [0.2, 0.25) is 0 Å². The molecule has 0 aromatic heterocycles. The minimum Gasteiger partial charge on any atom is -0.365 e. The van der Waals surface area contributed by atoms with Crippen LogP contribution in [0.25, 0.3) is 109 Å². The fraction of sp³-hybridized carbons (Fsp3) is 0.253. The summed E-state index contributed by atoms with van der Waals surface area (Å²) in [7, 11) is 0. The maximum absolute atomic E-state index is 2.96. The molecule has 4 aliphatic heterocycles. The third kappa shape index (κ3) is 9.89. The second-order valence-electron chi connectivity index (χ2n) is 35.8. The lowest BCUT2D eigenvalue weighted by Gasteiger charge is -2.58. The monoisotopic (exact) mass is 1330 g/mol. The highest BCUT2D eigenvalue weighted by molar-refractivity contribution is 7.00. The number of anilines is 7. The van der Waals surface area contributed by atoms with E-state index in [-0.39, 0.29) is 28.4 Å². The van der Waals surface area contributed by atoms with Gasteiger partial charge in [0, 0.05) is 51.9 Å². The quantitative estimate of drug-likeness (QED) is 0.116. The Balaban J connectivity index is 0.887. The molecule has 103 heavy (non-hydrogen) atoms. The average Bonchev–Trinajstić information content (AvgIpc) is 0.694.